The number of anilines is 1. The summed E-state index contributed by atoms with van der Waals surface area (Å²) in [6.07, 6.45) is 4.38. The smallest absolute Gasteiger partial charge is 0.242 e. The largest absolute Gasteiger partial charge is 0.354 e. The zero-order chi connectivity index (χ0) is 26.7. The lowest BCUT2D eigenvalue weighted by atomic mass is 10.1. The van der Waals surface area contributed by atoms with Crippen molar-refractivity contribution in [2.45, 2.75) is 72.4 Å². The van der Waals surface area contributed by atoms with Crippen LogP contribution in [0.1, 0.15) is 63.1 Å². The van der Waals surface area contributed by atoms with Crippen molar-refractivity contribution in [2.24, 2.45) is 0 Å². The van der Waals surface area contributed by atoms with Crippen LogP contribution >= 0.6 is 0 Å². The van der Waals surface area contributed by atoms with Crippen LogP contribution in [0, 0.1) is 6.92 Å². The number of unbranched alkanes of at least 4 members (excludes halogenated alkanes) is 1. The molecule has 0 spiro atoms. The molecule has 0 bridgehead atoms. The van der Waals surface area contributed by atoms with E-state index in [0.29, 0.717) is 25.2 Å². The molecule has 0 radical (unpaired) electrons. The van der Waals surface area contributed by atoms with Crippen LogP contribution in [0.15, 0.2) is 48.5 Å². The van der Waals surface area contributed by atoms with Gasteiger partial charge in [0.2, 0.25) is 21.8 Å². The van der Waals surface area contributed by atoms with E-state index >= 15 is 0 Å². The molecule has 0 aliphatic heterocycles. The first-order chi connectivity index (χ1) is 17.1. The number of amides is 2. The predicted molar refractivity (Wildman–Crippen MR) is 146 cm³/mol. The summed E-state index contributed by atoms with van der Waals surface area (Å²) in [6.45, 7) is 8.91. The Kier molecular flexibility index (Phi) is 11.4. The van der Waals surface area contributed by atoms with Crippen molar-refractivity contribution in [3.63, 3.8) is 0 Å². The molecule has 36 heavy (non-hydrogen) atoms. The second-order valence-electron chi connectivity index (χ2n) is 9.29. The lowest BCUT2D eigenvalue weighted by Crippen LogP contribution is -2.48. The lowest BCUT2D eigenvalue weighted by molar-refractivity contribution is -0.140. The number of sulfonamides is 1. The Labute approximate surface area is 216 Å². The van der Waals surface area contributed by atoms with Gasteiger partial charge in [-0.15, -0.1) is 0 Å². The number of carbonyl (C=O) groups is 2. The van der Waals surface area contributed by atoms with Crippen molar-refractivity contribution < 1.29 is 18.0 Å². The number of rotatable bonds is 14. The Morgan fingerprint density at radius 1 is 1.00 bits per heavy atom. The average Bonchev–Trinajstić information content (AvgIpc) is 2.84. The van der Waals surface area contributed by atoms with E-state index in [4.69, 9.17) is 0 Å². The molecule has 0 unspecified atom stereocenters. The van der Waals surface area contributed by atoms with Gasteiger partial charge in [-0.2, -0.15) is 0 Å². The van der Waals surface area contributed by atoms with Crippen LogP contribution in [0.25, 0.3) is 0 Å². The summed E-state index contributed by atoms with van der Waals surface area (Å²) < 4.78 is 26.3. The lowest BCUT2D eigenvalue weighted by Gasteiger charge is -2.29. The molecular weight excluding hydrogens is 474 g/mol. The fraction of sp³-hybridized carbons (Fsp3) is 0.500. The molecule has 7 nitrogen and oxygen atoms in total. The predicted octanol–water partition coefficient (Wildman–Crippen LogP) is 4.44. The molecule has 0 fully saturated rings. The van der Waals surface area contributed by atoms with Crippen LogP contribution in [0.3, 0.4) is 0 Å². The molecule has 0 saturated carbocycles. The number of aryl methyl sites for hydroxylation is 2. The normalized spacial score (nSPS) is 12.1. The highest BCUT2D eigenvalue weighted by molar-refractivity contribution is 7.92. The van der Waals surface area contributed by atoms with E-state index in [1.807, 2.05) is 50.2 Å². The summed E-state index contributed by atoms with van der Waals surface area (Å²) in [7, 11) is -3.51. The number of benzene rings is 2. The molecule has 0 aromatic heterocycles. The number of nitrogens with one attached hydrogen (secondary N) is 1. The minimum atomic E-state index is -3.51. The molecule has 2 rings (SSSR count). The second-order valence-corrected chi connectivity index (χ2v) is 11.2. The van der Waals surface area contributed by atoms with Crippen LogP contribution in [0.4, 0.5) is 5.69 Å². The van der Waals surface area contributed by atoms with Crippen molar-refractivity contribution in [3.05, 3.63) is 65.2 Å². The van der Waals surface area contributed by atoms with E-state index in [2.05, 4.69) is 12.2 Å². The first-order valence-corrected chi connectivity index (χ1v) is 14.6. The first kappa shape index (κ1) is 29.4. The molecule has 0 saturated heterocycles. The highest BCUT2D eigenvalue weighted by Gasteiger charge is 2.26. The van der Waals surface area contributed by atoms with Crippen molar-refractivity contribution >= 4 is 27.5 Å². The molecule has 198 valence electrons. The van der Waals surface area contributed by atoms with Crippen LogP contribution in [0.2, 0.25) is 0 Å². The highest BCUT2D eigenvalue weighted by Crippen LogP contribution is 2.20. The van der Waals surface area contributed by atoms with Gasteiger partial charge >= 0.3 is 0 Å². The summed E-state index contributed by atoms with van der Waals surface area (Å²) in [5.41, 5.74) is 3.74. The number of hydrogen-bond donors (Lipinski definition) is 1. The number of nitrogens with zero attached hydrogens (tertiary/aromatic N) is 2. The van der Waals surface area contributed by atoms with Gasteiger partial charge in [-0.25, -0.2) is 8.42 Å². The van der Waals surface area contributed by atoms with E-state index in [0.717, 1.165) is 36.0 Å². The molecule has 1 atom stereocenters. The first-order valence-electron chi connectivity index (χ1n) is 12.8. The monoisotopic (exact) mass is 515 g/mol. The molecule has 0 aliphatic carbocycles. The molecule has 0 heterocycles. The van der Waals surface area contributed by atoms with E-state index in [9.17, 15) is 18.0 Å². The fourth-order valence-corrected chi connectivity index (χ4v) is 4.99. The molecule has 2 aromatic carbocycles. The summed E-state index contributed by atoms with van der Waals surface area (Å²) in [5.74, 6) is -0.359. The van der Waals surface area contributed by atoms with E-state index in [1.54, 1.807) is 24.0 Å². The van der Waals surface area contributed by atoms with Gasteiger partial charge in [0.25, 0.3) is 0 Å². The van der Waals surface area contributed by atoms with Crippen molar-refractivity contribution in [1.82, 2.24) is 10.2 Å². The van der Waals surface area contributed by atoms with Gasteiger partial charge < -0.3 is 10.2 Å². The Morgan fingerprint density at radius 2 is 1.69 bits per heavy atom. The summed E-state index contributed by atoms with van der Waals surface area (Å²) in [6, 6.07) is 14.7. The topological polar surface area (TPSA) is 86.8 Å². The zero-order valence-corrected chi connectivity index (χ0v) is 23.1. The van der Waals surface area contributed by atoms with Crippen molar-refractivity contribution in [2.75, 3.05) is 23.7 Å². The van der Waals surface area contributed by atoms with Crippen LogP contribution in [-0.2, 0) is 32.6 Å². The van der Waals surface area contributed by atoms with Gasteiger partial charge in [0, 0.05) is 26.1 Å². The standard InChI is InChI=1S/C28H41N3O4S/c1-6-8-18-29-28(33)23(4)30(21-25-12-9-11-22(3)20-25)27(32)13-10-19-31(36(5,34)35)26-16-14-24(7-2)15-17-26/h9,11-12,14-17,20,23H,6-8,10,13,18-19,21H2,1-5H3,(H,29,33)/t23-/m0/s1. The van der Waals surface area contributed by atoms with E-state index in [1.165, 1.54) is 10.6 Å². The SMILES string of the molecule is CCCCNC(=O)[C@H](C)N(Cc1cccc(C)c1)C(=O)CCCN(c1ccc(CC)cc1)S(C)(=O)=O. The van der Waals surface area contributed by atoms with Gasteiger partial charge in [0.15, 0.2) is 0 Å². The number of carbonyl (C=O) groups excluding carboxylic acids is 2. The van der Waals surface area contributed by atoms with Gasteiger partial charge in [0.1, 0.15) is 6.04 Å². The van der Waals surface area contributed by atoms with E-state index in [-0.39, 0.29) is 24.8 Å². The molecule has 0 aliphatic rings. The third kappa shape index (κ3) is 8.97. The average molecular weight is 516 g/mol. The molecular formula is C28H41N3O4S. The minimum Gasteiger partial charge on any atom is -0.354 e. The Balaban J connectivity index is 2.14. The quantitative estimate of drug-likeness (QED) is 0.377. The fourth-order valence-electron chi connectivity index (χ4n) is 4.03. The highest BCUT2D eigenvalue weighted by atomic mass is 32.2. The molecule has 8 heteroatoms. The van der Waals surface area contributed by atoms with Crippen LogP contribution in [-0.4, -0.2) is 50.5 Å². The van der Waals surface area contributed by atoms with Gasteiger partial charge in [-0.05, 0) is 56.4 Å². The molecule has 2 amide bonds. The minimum absolute atomic E-state index is 0.136. The molecule has 2 aromatic rings. The van der Waals surface area contributed by atoms with Crippen LogP contribution in [0.5, 0.6) is 0 Å². The summed E-state index contributed by atoms with van der Waals surface area (Å²) in [5, 5.41) is 2.92. The Morgan fingerprint density at radius 3 is 2.28 bits per heavy atom. The van der Waals surface area contributed by atoms with Gasteiger partial charge in [0.05, 0.1) is 11.9 Å². The second kappa shape index (κ2) is 14.0. The number of hydrogen-bond acceptors (Lipinski definition) is 4. The van der Waals surface area contributed by atoms with Gasteiger partial charge in [-0.3, -0.25) is 13.9 Å². The summed E-state index contributed by atoms with van der Waals surface area (Å²) in [4.78, 5) is 27.7. The third-order valence-corrected chi connectivity index (χ3v) is 7.41. The Hall–Kier alpha value is -2.87. The van der Waals surface area contributed by atoms with Crippen molar-refractivity contribution in [3.8, 4) is 0 Å². The maximum Gasteiger partial charge on any atom is 0.242 e. The third-order valence-electron chi connectivity index (χ3n) is 6.22. The molecule has 1 N–H and O–H groups in total. The zero-order valence-electron chi connectivity index (χ0n) is 22.3. The Bertz CT molecular complexity index is 1100. The maximum atomic E-state index is 13.3. The van der Waals surface area contributed by atoms with E-state index < -0.39 is 16.1 Å². The maximum absolute atomic E-state index is 13.3. The van der Waals surface area contributed by atoms with Crippen LogP contribution < -0.4 is 9.62 Å². The van der Waals surface area contributed by atoms with Crippen molar-refractivity contribution in [1.29, 1.82) is 0 Å². The van der Waals surface area contributed by atoms with Gasteiger partial charge in [-0.1, -0.05) is 62.2 Å². The summed E-state index contributed by atoms with van der Waals surface area (Å²) >= 11 is 0.